The Labute approximate surface area is 112 Å². The van der Waals surface area contributed by atoms with Crippen molar-refractivity contribution in [3.05, 3.63) is 21.9 Å². The van der Waals surface area contributed by atoms with Crippen LogP contribution in [-0.4, -0.2) is 42.2 Å². The van der Waals surface area contributed by atoms with Crippen LogP contribution >= 0.6 is 11.3 Å². The zero-order valence-electron chi connectivity index (χ0n) is 10.5. The molecule has 1 fully saturated rings. The first-order valence-corrected chi connectivity index (χ1v) is 7.32. The van der Waals surface area contributed by atoms with Gasteiger partial charge in [0.05, 0.1) is 0 Å². The number of piperidine rings is 1. The predicted octanol–water partition coefficient (Wildman–Crippen LogP) is 2.02. The largest absolute Gasteiger partial charge is 0.477 e. The van der Waals surface area contributed by atoms with Crippen LogP contribution in [0.4, 0.5) is 0 Å². The molecule has 0 spiro atoms. The van der Waals surface area contributed by atoms with Crippen molar-refractivity contribution in [2.45, 2.75) is 25.8 Å². The van der Waals surface area contributed by atoms with Crippen LogP contribution in [0.5, 0.6) is 0 Å². The summed E-state index contributed by atoms with van der Waals surface area (Å²) in [6, 6.07) is 3.57. The Morgan fingerprint density at radius 1 is 1.33 bits per heavy atom. The highest BCUT2D eigenvalue weighted by Crippen LogP contribution is 2.15. The molecule has 0 aromatic carbocycles. The van der Waals surface area contributed by atoms with Crippen molar-refractivity contribution in [2.24, 2.45) is 0 Å². The van der Waals surface area contributed by atoms with Gasteiger partial charge in [0.25, 0.3) is 0 Å². The lowest BCUT2D eigenvalue weighted by Crippen LogP contribution is -2.35. The standard InChI is InChI=1S/C13H20N2O2S/c16-13(17)12-5-4-11(18-12)10-14-6-9-15-7-2-1-3-8-15/h4-5,14H,1-3,6-10H2,(H,16,17). The highest BCUT2D eigenvalue weighted by atomic mass is 32.1. The molecule has 2 rings (SSSR count). The summed E-state index contributed by atoms with van der Waals surface area (Å²) in [5, 5.41) is 12.2. The lowest BCUT2D eigenvalue weighted by molar-refractivity contribution is 0.0702. The Hall–Kier alpha value is -0.910. The summed E-state index contributed by atoms with van der Waals surface area (Å²) in [7, 11) is 0. The van der Waals surface area contributed by atoms with Crippen molar-refractivity contribution in [2.75, 3.05) is 26.2 Å². The molecule has 0 amide bonds. The van der Waals surface area contributed by atoms with Gasteiger partial charge in [-0.1, -0.05) is 6.42 Å². The summed E-state index contributed by atoms with van der Waals surface area (Å²) in [5.74, 6) is -0.834. The van der Waals surface area contributed by atoms with E-state index >= 15 is 0 Å². The fourth-order valence-electron chi connectivity index (χ4n) is 2.22. The number of nitrogens with zero attached hydrogens (tertiary/aromatic N) is 1. The van der Waals surface area contributed by atoms with Gasteiger partial charge in [-0.3, -0.25) is 0 Å². The maximum absolute atomic E-state index is 10.7. The van der Waals surface area contributed by atoms with E-state index in [9.17, 15) is 4.79 Å². The van der Waals surface area contributed by atoms with E-state index in [2.05, 4.69) is 10.2 Å². The van der Waals surface area contributed by atoms with E-state index in [1.54, 1.807) is 6.07 Å². The van der Waals surface area contributed by atoms with E-state index in [1.807, 2.05) is 6.07 Å². The molecule has 1 aromatic heterocycles. The van der Waals surface area contributed by atoms with Gasteiger partial charge in [0, 0.05) is 24.5 Å². The summed E-state index contributed by atoms with van der Waals surface area (Å²) >= 11 is 1.35. The molecule has 2 N–H and O–H groups in total. The van der Waals surface area contributed by atoms with Crippen LogP contribution in [0.25, 0.3) is 0 Å². The maximum Gasteiger partial charge on any atom is 0.345 e. The molecule has 0 unspecified atom stereocenters. The molecule has 1 aliphatic rings. The SMILES string of the molecule is O=C(O)c1ccc(CNCCN2CCCCC2)s1. The van der Waals surface area contributed by atoms with Gasteiger partial charge in [0.2, 0.25) is 0 Å². The number of hydrogen-bond donors (Lipinski definition) is 2. The smallest absolute Gasteiger partial charge is 0.345 e. The summed E-state index contributed by atoms with van der Waals surface area (Å²) in [5.41, 5.74) is 0. The first-order valence-electron chi connectivity index (χ1n) is 6.51. The Balaban J connectivity index is 1.63. The molecule has 18 heavy (non-hydrogen) atoms. The number of carboxylic acids is 1. The van der Waals surface area contributed by atoms with Gasteiger partial charge in [0.1, 0.15) is 4.88 Å². The van der Waals surface area contributed by atoms with Crippen LogP contribution in [0.15, 0.2) is 12.1 Å². The van der Waals surface area contributed by atoms with Gasteiger partial charge < -0.3 is 15.3 Å². The van der Waals surface area contributed by atoms with E-state index in [-0.39, 0.29) is 0 Å². The number of likely N-dealkylation sites (tertiary alicyclic amines) is 1. The molecule has 1 saturated heterocycles. The quantitative estimate of drug-likeness (QED) is 0.775. The van der Waals surface area contributed by atoms with E-state index < -0.39 is 5.97 Å². The van der Waals surface area contributed by atoms with Crippen molar-refractivity contribution >= 4 is 17.3 Å². The van der Waals surface area contributed by atoms with E-state index in [0.29, 0.717) is 4.88 Å². The molecule has 100 valence electrons. The molecule has 4 nitrogen and oxygen atoms in total. The first-order chi connectivity index (χ1) is 8.75. The number of hydrogen-bond acceptors (Lipinski definition) is 4. The molecule has 5 heteroatoms. The molecular weight excluding hydrogens is 248 g/mol. The lowest BCUT2D eigenvalue weighted by atomic mass is 10.1. The number of carbonyl (C=O) groups is 1. The van der Waals surface area contributed by atoms with Gasteiger partial charge >= 0.3 is 5.97 Å². The van der Waals surface area contributed by atoms with E-state index in [1.165, 1.54) is 43.7 Å². The second kappa shape index (κ2) is 6.87. The number of rotatable bonds is 6. The van der Waals surface area contributed by atoms with Gasteiger partial charge in [-0.2, -0.15) is 0 Å². The minimum atomic E-state index is -0.834. The molecule has 0 aliphatic carbocycles. The third-order valence-corrected chi connectivity index (χ3v) is 4.30. The first kappa shape index (κ1) is 13.5. The van der Waals surface area contributed by atoms with E-state index in [4.69, 9.17) is 5.11 Å². The average molecular weight is 268 g/mol. The minimum Gasteiger partial charge on any atom is -0.477 e. The maximum atomic E-state index is 10.7. The van der Waals surface area contributed by atoms with Crippen molar-refractivity contribution in [3.63, 3.8) is 0 Å². The van der Waals surface area contributed by atoms with Gasteiger partial charge in [-0.25, -0.2) is 4.79 Å². The molecule has 1 aromatic rings. The van der Waals surface area contributed by atoms with Gasteiger partial charge in [-0.15, -0.1) is 11.3 Å². The molecule has 2 heterocycles. The summed E-state index contributed by atoms with van der Waals surface area (Å²) < 4.78 is 0. The molecule has 0 radical (unpaired) electrons. The number of thiophene rings is 1. The Morgan fingerprint density at radius 2 is 2.11 bits per heavy atom. The lowest BCUT2D eigenvalue weighted by Gasteiger charge is -2.26. The average Bonchev–Trinajstić information content (AvgIpc) is 2.85. The second-order valence-corrected chi connectivity index (χ2v) is 5.82. The molecule has 0 bridgehead atoms. The summed E-state index contributed by atoms with van der Waals surface area (Å²) in [6.07, 6.45) is 4.02. The molecule has 0 saturated carbocycles. The molecule has 1 aliphatic heterocycles. The summed E-state index contributed by atoms with van der Waals surface area (Å²) in [4.78, 5) is 14.7. The second-order valence-electron chi connectivity index (χ2n) is 4.65. The monoisotopic (exact) mass is 268 g/mol. The third-order valence-electron chi connectivity index (χ3n) is 3.23. The van der Waals surface area contributed by atoms with Crippen molar-refractivity contribution < 1.29 is 9.90 Å². The zero-order chi connectivity index (χ0) is 12.8. The van der Waals surface area contributed by atoms with Crippen LogP contribution < -0.4 is 5.32 Å². The van der Waals surface area contributed by atoms with Crippen LogP contribution in [0.1, 0.15) is 33.8 Å². The molecular formula is C13H20N2O2S. The topological polar surface area (TPSA) is 52.6 Å². The summed E-state index contributed by atoms with van der Waals surface area (Å²) in [6.45, 7) is 5.29. The molecule has 0 atom stereocenters. The Kier molecular flexibility index (Phi) is 5.16. The van der Waals surface area contributed by atoms with Gasteiger partial charge in [-0.05, 0) is 38.1 Å². The van der Waals surface area contributed by atoms with Crippen molar-refractivity contribution in [1.29, 1.82) is 0 Å². The number of nitrogens with one attached hydrogen (secondary N) is 1. The normalized spacial score (nSPS) is 16.9. The minimum absolute atomic E-state index is 0.419. The van der Waals surface area contributed by atoms with Crippen LogP contribution in [0, 0.1) is 0 Å². The van der Waals surface area contributed by atoms with Crippen LogP contribution in [0.2, 0.25) is 0 Å². The Bertz CT molecular complexity index is 386. The van der Waals surface area contributed by atoms with Crippen LogP contribution in [0.3, 0.4) is 0 Å². The van der Waals surface area contributed by atoms with Crippen LogP contribution in [-0.2, 0) is 6.54 Å². The number of carboxylic acid groups (broad SMARTS) is 1. The van der Waals surface area contributed by atoms with Crippen molar-refractivity contribution in [3.8, 4) is 0 Å². The van der Waals surface area contributed by atoms with Crippen molar-refractivity contribution in [1.82, 2.24) is 10.2 Å². The fraction of sp³-hybridized carbons (Fsp3) is 0.615. The number of aromatic carboxylic acids is 1. The third kappa shape index (κ3) is 4.08. The zero-order valence-corrected chi connectivity index (χ0v) is 11.3. The fourth-order valence-corrected chi connectivity index (χ4v) is 3.04. The predicted molar refractivity (Wildman–Crippen MR) is 73.3 cm³/mol. The van der Waals surface area contributed by atoms with E-state index in [0.717, 1.165) is 24.5 Å². The highest BCUT2D eigenvalue weighted by Gasteiger charge is 2.09. The highest BCUT2D eigenvalue weighted by molar-refractivity contribution is 7.13. The Morgan fingerprint density at radius 3 is 2.78 bits per heavy atom. The van der Waals surface area contributed by atoms with Gasteiger partial charge in [0.15, 0.2) is 0 Å².